The number of nitrogens with zero attached hydrogens (tertiary/aromatic N) is 1. The number of piperidine rings is 1. The third-order valence-corrected chi connectivity index (χ3v) is 5.34. The fourth-order valence-corrected chi connectivity index (χ4v) is 3.88. The normalized spacial score (nSPS) is 17.6. The van der Waals surface area contributed by atoms with Gasteiger partial charge in [0.1, 0.15) is 6.04 Å². The van der Waals surface area contributed by atoms with Crippen molar-refractivity contribution in [2.45, 2.75) is 32.2 Å². The number of nitrogens with one attached hydrogen (secondary N) is 1. The highest BCUT2D eigenvalue weighted by molar-refractivity contribution is 7.12. The lowest BCUT2D eigenvalue weighted by molar-refractivity contribution is -0.121. The molecule has 1 N–H and O–H groups in total. The highest BCUT2D eigenvalue weighted by Crippen LogP contribution is 2.24. The summed E-state index contributed by atoms with van der Waals surface area (Å²) in [5.41, 5.74) is 1.64. The molecule has 0 spiro atoms. The van der Waals surface area contributed by atoms with Crippen LogP contribution in [0.1, 0.15) is 34.5 Å². The van der Waals surface area contributed by atoms with E-state index in [1.54, 1.807) is 23.1 Å². The minimum Gasteiger partial charge on any atom is -0.326 e. The first kappa shape index (κ1) is 17.0. The van der Waals surface area contributed by atoms with Gasteiger partial charge in [-0.15, -0.1) is 11.3 Å². The molecule has 0 bridgehead atoms. The van der Waals surface area contributed by atoms with Crippen LogP contribution in [0.25, 0.3) is 0 Å². The van der Waals surface area contributed by atoms with Crippen LogP contribution in [0.15, 0.2) is 35.7 Å². The molecule has 1 fully saturated rings. The van der Waals surface area contributed by atoms with Crippen molar-refractivity contribution in [2.24, 2.45) is 0 Å². The lowest BCUT2D eigenvalue weighted by atomic mass is 10.0. The Balaban J connectivity index is 1.77. The zero-order valence-electron chi connectivity index (χ0n) is 13.4. The lowest BCUT2D eigenvalue weighted by Gasteiger charge is -2.34. The van der Waals surface area contributed by atoms with Crippen LogP contribution in [0.2, 0.25) is 5.02 Å². The van der Waals surface area contributed by atoms with E-state index in [2.05, 4.69) is 5.32 Å². The zero-order chi connectivity index (χ0) is 17.1. The third-order valence-electron chi connectivity index (χ3n) is 4.24. The van der Waals surface area contributed by atoms with Gasteiger partial charge < -0.3 is 10.2 Å². The molecule has 1 unspecified atom stereocenters. The number of halogens is 1. The number of amides is 2. The molecule has 4 nitrogen and oxygen atoms in total. The molecule has 3 rings (SSSR count). The lowest BCUT2D eigenvalue weighted by Crippen LogP contribution is -2.49. The van der Waals surface area contributed by atoms with E-state index in [1.165, 1.54) is 11.3 Å². The highest BCUT2D eigenvalue weighted by Gasteiger charge is 2.33. The van der Waals surface area contributed by atoms with Crippen molar-refractivity contribution < 1.29 is 9.59 Å². The van der Waals surface area contributed by atoms with E-state index in [1.807, 2.05) is 24.4 Å². The number of anilines is 1. The quantitative estimate of drug-likeness (QED) is 0.882. The summed E-state index contributed by atoms with van der Waals surface area (Å²) in [6.07, 6.45) is 2.57. The Hall–Kier alpha value is -1.85. The summed E-state index contributed by atoms with van der Waals surface area (Å²) in [5.74, 6) is -0.192. The van der Waals surface area contributed by atoms with Crippen molar-refractivity contribution in [1.29, 1.82) is 0 Å². The monoisotopic (exact) mass is 362 g/mol. The molecule has 1 atom stereocenters. The molecule has 2 aromatic rings. The number of hydrogen-bond donors (Lipinski definition) is 1. The summed E-state index contributed by atoms with van der Waals surface area (Å²) >= 11 is 7.37. The average Bonchev–Trinajstić information content (AvgIpc) is 3.11. The van der Waals surface area contributed by atoms with Crippen molar-refractivity contribution in [1.82, 2.24) is 4.90 Å². The van der Waals surface area contributed by atoms with Crippen LogP contribution in [0.5, 0.6) is 0 Å². The minimum absolute atomic E-state index is 0.0577. The van der Waals surface area contributed by atoms with E-state index in [9.17, 15) is 9.59 Å². The Morgan fingerprint density at radius 1 is 1.29 bits per heavy atom. The summed E-state index contributed by atoms with van der Waals surface area (Å²) in [7, 11) is 0. The van der Waals surface area contributed by atoms with Crippen molar-refractivity contribution >= 4 is 40.4 Å². The maximum atomic E-state index is 12.8. The molecule has 2 heterocycles. The van der Waals surface area contributed by atoms with Crippen molar-refractivity contribution in [3.05, 3.63) is 51.2 Å². The van der Waals surface area contributed by atoms with Gasteiger partial charge in [-0.3, -0.25) is 9.59 Å². The average molecular weight is 363 g/mol. The first-order chi connectivity index (χ1) is 11.6. The maximum absolute atomic E-state index is 12.8. The molecule has 1 aromatic carbocycles. The van der Waals surface area contributed by atoms with Gasteiger partial charge in [0.25, 0.3) is 5.91 Å². The Morgan fingerprint density at radius 2 is 2.12 bits per heavy atom. The van der Waals surface area contributed by atoms with Gasteiger partial charge in [0, 0.05) is 17.3 Å². The van der Waals surface area contributed by atoms with E-state index in [0.717, 1.165) is 24.1 Å². The number of aryl methyl sites for hydroxylation is 1. The molecule has 0 aliphatic carbocycles. The van der Waals surface area contributed by atoms with Crippen LogP contribution in [0, 0.1) is 6.92 Å². The van der Waals surface area contributed by atoms with Crippen LogP contribution >= 0.6 is 22.9 Å². The Kier molecular flexibility index (Phi) is 5.21. The Bertz CT molecular complexity index is 745. The largest absolute Gasteiger partial charge is 0.326 e. The highest BCUT2D eigenvalue weighted by atomic mass is 35.5. The molecule has 1 aliphatic rings. The smallest absolute Gasteiger partial charge is 0.264 e. The molecule has 2 amide bonds. The SMILES string of the molecule is Cc1cc(Cl)ccc1NC(=O)C1CCCCN1C(=O)c1cccs1. The predicted molar refractivity (Wildman–Crippen MR) is 97.8 cm³/mol. The molecule has 1 aromatic heterocycles. The van der Waals surface area contributed by atoms with Crippen molar-refractivity contribution in [3.63, 3.8) is 0 Å². The Labute approximate surface area is 150 Å². The number of thiophene rings is 1. The molecule has 126 valence electrons. The van der Waals surface area contributed by atoms with Crippen molar-refractivity contribution in [3.8, 4) is 0 Å². The van der Waals surface area contributed by atoms with E-state index in [0.29, 0.717) is 22.9 Å². The summed E-state index contributed by atoms with van der Waals surface area (Å²) in [6, 6.07) is 8.59. The second-order valence-corrected chi connectivity index (χ2v) is 7.32. The number of benzene rings is 1. The van der Waals surface area contributed by atoms with Gasteiger partial charge in [0.2, 0.25) is 5.91 Å². The number of rotatable bonds is 3. The number of hydrogen-bond acceptors (Lipinski definition) is 3. The number of carbonyl (C=O) groups excluding carboxylic acids is 2. The van der Waals surface area contributed by atoms with Crippen LogP contribution in [-0.4, -0.2) is 29.3 Å². The molecular formula is C18H19ClN2O2S. The number of likely N-dealkylation sites (tertiary alicyclic amines) is 1. The topological polar surface area (TPSA) is 49.4 Å². The maximum Gasteiger partial charge on any atom is 0.264 e. The summed E-state index contributed by atoms with van der Waals surface area (Å²) < 4.78 is 0. The Morgan fingerprint density at radius 3 is 2.83 bits per heavy atom. The standard InChI is InChI=1S/C18H19ClN2O2S/c1-12-11-13(19)7-8-14(12)20-17(22)15-5-2-3-9-21(15)18(23)16-6-4-10-24-16/h4,6-8,10-11,15H,2-3,5,9H2,1H3,(H,20,22). The molecule has 24 heavy (non-hydrogen) atoms. The van der Waals surface area contributed by atoms with E-state index in [-0.39, 0.29) is 11.8 Å². The number of carbonyl (C=O) groups is 2. The van der Waals surface area contributed by atoms with Gasteiger partial charge in [-0.25, -0.2) is 0 Å². The van der Waals surface area contributed by atoms with Crippen LogP contribution < -0.4 is 5.32 Å². The summed E-state index contributed by atoms with van der Waals surface area (Å²) in [6.45, 7) is 2.52. The van der Waals surface area contributed by atoms with Crippen molar-refractivity contribution in [2.75, 3.05) is 11.9 Å². The van der Waals surface area contributed by atoms with Gasteiger partial charge in [-0.2, -0.15) is 0 Å². The minimum atomic E-state index is -0.427. The van der Waals surface area contributed by atoms with Gasteiger partial charge in [0.15, 0.2) is 0 Å². The second kappa shape index (κ2) is 7.36. The first-order valence-corrected chi connectivity index (χ1v) is 9.23. The van der Waals surface area contributed by atoms with E-state index < -0.39 is 6.04 Å². The second-order valence-electron chi connectivity index (χ2n) is 5.94. The van der Waals surface area contributed by atoms with E-state index >= 15 is 0 Å². The van der Waals surface area contributed by atoms with Gasteiger partial charge in [-0.05, 0) is 61.4 Å². The van der Waals surface area contributed by atoms with Gasteiger partial charge >= 0.3 is 0 Å². The van der Waals surface area contributed by atoms with Gasteiger partial charge in [0.05, 0.1) is 4.88 Å². The van der Waals surface area contributed by atoms with Crippen LogP contribution in [0.4, 0.5) is 5.69 Å². The fourth-order valence-electron chi connectivity index (χ4n) is 2.97. The summed E-state index contributed by atoms with van der Waals surface area (Å²) in [4.78, 5) is 27.8. The van der Waals surface area contributed by atoms with E-state index in [4.69, 9.17) is 11.6 Å². The third kappa shape index (κ3) is 3.62. The zero-order valence-corrected chi connectivity index (χ0v) is 15.0. The molecular weight excluding hydrogens is 344 g/mol. The predicted octanol–water partition coefficient (Wildman–Crippen LogP) is 4.34. The summed E-state index contributed by atoms with van der Waals surface area (Å²) in [5, 5.41) is 5.46. The molecule has 0 saturated carbocycles. The van der Waals surface area contributed by atoms with Crippen LogP contribution in [0.3, 0.4) is 0 Å². The molecule has 1 aliphatic heterocycles. The molecule has 6 heteroatoms. The fraction of sp³-hybridized carbons (Fsp3) is 0.333. The van der Waals surface area contributed by atoms with Gasteiger partial charge in [-0.1, -0.05) is 17.7 Å². The molecule has 1 saturated heterocycles. The first-order valence-electron chi connectivity index (χ1n) is 7.98. The molecule has 0 radical (unpaired) electrons. The van der Waals surface area contributed by atoms with Crippen LogP contribution in [-0.2, 0) is 4.79 Å².